The second-order valence-electron chi connectivity index (χ2n) is 4.09. The largest absolute Gasteiger partial charge is 0.384 e. The highest BCUT2D eigenvalue weighted by Gasteiger charge is 2.13. The fraction of sp³-hybridized carbons (Fsp3) is 0.286. The van der Waals surface area contributed by atoms with Gasteiger partial charge in [0.1, 0.15) is 6.10 Å². The Hall–Kier alpha value is -1.34. The maximum absolute atomic E-state index is 10.1. The highest BCUT2D eigenvalue weighted by molar-refractivity contribution is 5.34. The number of hydrogen-bond donors (Lipinski definition) is 1. The highest BCUT2D eigenvalue weighted by Crippen LogP contribution is 2.26. The zero-order valence-corrected chi connectivity index (χ0v) is 8.93. The van der Waals surface area contributed by atoms with E-state index in [1.165, 1.54) is 0 Å². The fourth-order valence-corrected chi connectivity index (χ4v) is 1.77. The van der Waals surface area contributed by atoms with Crippen LogP contribution in [0.5, 0.6) is 0 Å². The molecule has 1 heteroatoms. The van der Waals surface area contributed by atoms with E-state index in [9.17, 15) is 5.11 Å². The summed E-state index contributed by atoms with van der Waals surface area (Å²) in [5, 5.41) is 10.1. The topological polar surface area (TPSA) is 20.2 Å². The molecule has 0 aromatic heterocycles. The van der Waals surface area contributed by atoms with Crippen LogP contribution in [0.15, 0.2) is 54.1 Å². The van der Waals surface area contributed by atoms with Crippen LogP contribution in [-0.4, -0.2) is 5.11 Å². The lowest BCUT2D eigenvalue weighted by atomic mass is 9.93. The van der Waals surface area contributed by atoms with Crippen molar-refractivity contribution in [2.24, 2.45) is 5.92 Å². The van der Waals surface area contributed by atoms with Crippen LogP contribution < -0.4 is 0 Å². The molecule has 0 bridgehead atoms. The second kappa shape index (κ2) is 4.45. The van der Waals surface area contributed by atoms with Crippen LogP contribution in [0.25, 0.3) is 0 Å². The summed E-state index contributed by atoms with van der Waals surface area (Å²) in [6.07, 6.45) is 6.86. The Morgan fingerprint density at radius 1 is 1.27 bits per heavy atom. The molecule has 1 nitrogen and oxygen atoms in total. The first kappa shape index (κ1) is 10.2. The van der Waals surface area contributed by atoms with Gasteiger partial charge in [-0.3, -0.25) is 0 Å². The van der Waals surface area contributed by atoms with Crippen molar-refractivity contribution in [3.8, 4) is 0 Å². The van der Waals surface area contributed by atoms with Gasteiger partial charge in [-0.1, -0.05) is 55.5 Å². The van der Waals surface area contributed by atoms with Crippen LogP contribution in [0.4, 0.5) is 0 Å². The van der Waals surface area contributed by atoms with Gasteiger partial charge < -0.3 is 5.11 Å². The van der Waals surface area contributed by atoms with Gasteiger partial charge in [0.05, 0.1) is 0 Å². The fourth-order valence-electron chi connectivity index (χ4n) is 1.77. The van der Waals surface area contributed by atoms with Gasteiger partial charge >= 0.3 is 0 Å². The average molecular weight is 200 g/mol. The maximum Gasteiger partial charge on any atom is 0.104 e. The van der Waals surface area contributed by atoms with Crippen LogP contribution in [-0.2, 0) is 0 Å². The number of hydrogen-bond acceptors (Lipinski definition) is 1. The lowest BCUT2D eigenvalue weighted by molar-refractivity contribution is 0.218. The van der Waals surface area contributed by atoms with Crippen molar-refractivity contribution in [3.05, 3.63) is 59.7 Å². The Morgan fingerprint density at radius 3 is 2.60 bits per heavy atom. The zero-order valence-electron chi connectivity index (χ0n) is 8.93. The van der Waals surface area contributed by atoms with Gasteiger partial charge in [0, 0.05) is 0 Å². The minimum Gasteiger partial charge on any atom is -0.384 e. The summed E-state index contributed by atoms with van der Waals surface area (Å²) in [4.78, 5) is 0. The molecule has 0 spiro atoms. The number of aliphatic hydroxyl groups excluding tert-OH is 1. The van der Waals surface area contributed by atoms with Gasteiger partial charge in [-0.05, 0) is 23.5 Å². The van der Waals surface area contributed by atoms with Crippen LogP contribution >= 0.6 is 0 Å². The molecule has 0 amide bonds. The zero-order chi connectivity index (χ0) is 10.7. The van der Waals surface area contributed by atoms with Gasteiger partial charge in [-0.2, -0.15) is 0 Å². The lowest BCUT2D eigenvalue weighted by Crippen LogP contribution is -2.03. The van der Waals surface area contributed by atoms with Crippen molar-refractivity contribution >= 4 is 0 Å². The number of benzene rings is 1. The first-order valence-corrected chi connectivity index (χ1v) is 5.38. The van der Waals surface area contributed by atoms with Gasteiger partial charge in [-0.15, -0.1) is 0 Å². The van der Waals surface area contributed by atoms with Crippen molar-refractivity contribution in [2.75, 3.05) is 0 Å². The molecule has 0 fully saturated rings. The molecule has 0 saturated heterocycles. The maximum atomic E-state index is 10.1. The van der Waals surface area contributed by atoms with E-state index in [0.29, 0.717) is 5.92 Å². The van der Waals surface area contributed by atoms with Gasteiger partial charge in [0.2, 0.25) is 0 Å². The Morgan fingerprint density at radius 2 is 2.00 bits per heavy atom. The van der Waals surface area contributed by atoms with Gasteiger partial charge in [0.15, 0.2) is 0 Å². The number of aliphatic hydroxyl groups is 1. The molecule has 0 radical (unpaired) electrons. The standard InChI is InChI=1S/C14H16O/c1-11-7-9-13(10-8-11)14(15)12-5-3-2-4-6-12/h2-7,9-11,14-15H,8H2,1H3. The third-order valence-corrected chi connectivity index (χ3v) is 2.77. The smallest absolute Gasteiger partial charge is 0.104 e. The third-order valence-electron chi connectivity index (χ3n) is 2.77. The molecule has 2 unspecified atom stereocenters. The number of allylic oxidation sites excluding steroid dienone is 2. The van der Waals surface area contributed by atoms with Crippen molar-refractivity contribution in [1.29, 1.82) is 0 Å². The molecule has 1 aromatic carbocycles. The van der Waals surface area contributed by atoms with E-state index in [-0.39, 0.29) is 0 Å². The minimum atomic E-state index is -0.477. The van der Waals surface area contributed by atoms with E-state index in [4.69, 9.17) is 0 Å². The van der Waals surface area contributed by atoms with E-state index >= 15 is 0 Å². The summed E-state index contributed by atoms with van der Waals surface area (Å²) >= 11 is 0. The molecular weight excluding hydrogens is 184 g/mol. The molecule has 2 atom stereocenters. The summed E-state index contributed by atoms with van der Waals surface area (Å²) in [5.74, 6) is 0.594. The molecular formula is C14H16O. The van der Waals surface area contributed by atoms with Gasteiger partial charge in [0.25, 0.3) is 0 Å². The van der Waals surface area contributed by atoms with Gasteiger partial charge in [-0.25, -0.2) is 0 Å². The van der Waals surface area contributed by atoms with Crippen molar-refractivity contribution < 1.29 is 5.11 Å². The average Bonchev–Trinajstić information content (AvgIpc) is 2.30. The van der Waals surface area contributed by atoms with E-state index in [1.807, 2.05) is 36.4 Å². The third kappa shape index (κ3) is 2.37. The lowest BCUT2D eigenvalue weighted by Gasteiger charge is -2.17. The second-order valence-corrected chi connectivity index (χ2v) is 4.09. The normalized spacial score (nSPS) is 22.3. The SMILES string of the molecule is CC1C=CC(C(O)c2ccccc2)=CC1. The van der Waals surface area contributed by atoms with Crippen molar-refractivity contribution in [2.45, 2.75) is 19.4 Å². The Labute approximate surface area is 90.8 Å². The Bertz CT molecular complexity index is 376. The molecule has 0 heterocycles. The molecule has 15 heavy (non-hydrogen) atoms. The first-order valence-electron chi connectivity index (χ1n) is 5.38. The molecule has 78 valence electrons. The predicted molar refractivity (Wildman–Crippen MR) is 62.4 cm³/mol. The summed E-state index contributed by atoms with van der Waals surface area (Å²) in [7, 11) is 0. The van der Waals surface area contributed by atoms with E-state index in [1.54, 1.807) is 0 Å². The summed E-state index contributed by atoms with van der Waals surface area (Å²) in [6.45, 7) is 2.18. The van der Waals surface area contributed by atoms with E-state index in [2.05, 4.69) is 19.1 Å². The summed E-state index contributed by atoms with van der Waals surface area (Å²) in [6, 6.07) is 9.78. The summed E-state index contributed by atoms with van der Waals surface area (Å²) in [5.41, 5.74) is 1.97. The molecule has 1 N–H and O–H groups in total. The van der Waals surface area contributed by atoms with Crippen LogP contribution in [0.1, 0.15) is 25.0 Å². The quantitative estimate of drug-likeness (QED) is 0.777. The number of rotatable bonds is 2. The molecule has 0 aliphatic heterocycles. The van der Waals surface area contributed by atoms with Crippen molar-refractivity contribution in [1.82, 2.24) is 0 Å². The van der Waals surface area contributed by atoms with Crippen LogP contribution in [0.3, 0.4) is 0 Å². The van der Waals surface area contributed by atoms with Crippen LogP contribution in [0, 0.1) is 5.92 Å². The molecule has 1 aliphatic carbocycles. The predicted octanol–water partition coefficient (Wildman–Crippen LogP) is 3.24. The molecule has 1 aliphatic rings. The Kier molecular flexibility index (Phi) is 3.02. The molecule has 0 saturated carbocycles. The molecule has 2 rings (SSSR count). The first-order chi connectivity index (χ1) is 7.27. The summed E-state index contributed by atoms with van der Waals surface area (Å²) < 4.78 is 0. The van der Waals surface area contributed by atoms with E-state index in [0.717, 1.165) is 17.6 Å². The minimum absolute atomic E-state index is 0.477. The highest BCUT2D eigenvalue weighted by atomic mass is 16.3. The Balaban J connectivity index is 2.16. The van der Waals surface area contributed by atoms with Crippen LogP contribution in [0.2, 0.25) is 0 Å². The monoisotopic (exact) mass is 200 g/mol. The van der Waals surface area contributed by atoms with E-state index < -0.39 is 6.10 Å². The van der Waals surface area contributed by atoms with Crippen molar-refractivity contribution in [3.63, 3.8) is 0 Å². The molecule has 1 aromatic rings.